The quantitative estimate of drug-likeness (QED) is 0.352. The molecule has 8 atom stereocenters. The van der Waals surface area contributed by atoms with Gasteiger partial charge in [0.05, 0.1) is 23.5 Å². The maximum absolute atomic E-state index is 14.0. The zero-order chi connectivity index (χ0) is 33.1. The van der Waals surface area contributed by atoms with E-state index >= 15 is 0 Å². The first-order chi connectivity index (χ1) is 22.6. The van der Waals surface area contributed by atoms with Crippen LogP contribution in [0, 0.1) is 35.5 Å². The molecule has 2 aromatic rings. The first-order valence-electron chi connectivity index (χ1n) is 16.8. The summed E-state index contributed by atoms with van der Waals surface area (Å²) in [6, 6.07) is 4.53. The van der Waals surface area contributed by atoms with Crippen LogP contribution in [0.5, 0.6) is 11.5 Å². The van der Waals surface area contributed by atoms with Crippen molar-refractivity contribution >= 4 is 46.8 Å². The Morgan fingerprint density at radius 3 is 2.43 bits per heavy atom. The topological polar surface area (TPSA) is 146 Å². The number of likely N-dealkylation sites (tertiary alicyclic amines) is 2. The van der Waals surface area contributed by atoms with Gasteiger partial charge in [-0.3, -0.25) is 24.1 Å². The van der Waals surface area contributed by atoms with Crippen molar-refractivity contribution in [3.63, 3.8) is 0 Å². The smallest absolute Gasteiger partial charge is 0.326 e. The van der Waals surface area contributed by atoms with Gasteiger partial charge in [-0.1, -0.05) is 31.3 Å². The summed E-state index contributed by atoms with van der Waals surface area (Å²) in [7, 11) is 0. The van der Waals surface area contributed by atoms with E-state index in [2.05, 4.69) is 4.98 Å². The molecule has 3 amide bonds. The van der Waals surface area contributed by atoms with E-state index in [4.69, 9.17) is 9.47 Å². The number of aromatic amines is 1. The summed E-state index contributed by atoms with van der Waals surface area (Å²) in [6.45, 7) is 7.45. The van der Waals surface area contributed by atoms with E-state index in [0.29, 0.717) is 24.5 Å². The molecule has 0 radical (unpaired) electrons. The molecule has 252 valence electrons. The molecule has 2 bridgehead atoms. The molecule has 4 heterocycles. The molecule has 47 heavy (non-hydrogen) atoms. The fourth-order valence-corrected chi connectivity index (χ4v) is 11.9. The molecule has 1 aromatic heterocycles. The monoisotopic (exact) mass is 683 g/mol. The summed E-state index contributed by atoms with van der Waals surface area (Å²) in [4.78, 5) is 72.4. The summed E-state index contributed by atoms with van der Waals surface area (Å²) in [6.07, 6.45) is 4.05. The Balaban J connectivity index is 1.21. The highest BCUT2D eigenvalue weighted by Gasteiger charge is 2.70. The number of carbonyl (C=O) groups excluding carboxylic acids is 3. The lowest BCUT2D eigenvalue weighted by atomic mass is 9.68. The molecule has 7 unspecified atom stereocenters. The number of carboxylic acid groups (broad SMARTS) is 1. The SMILES string of the molecule is CCOc1cc([C@H]2c3sc(=O)[nH]c3SC3C4CC(C5C(=O)N(C(CC(C)C)C(=O)O)C(=O)C45)C32)ccc1OCC(=O)N1CCCCC1. The minimum absolute atomic E-state index is 0.00133. The van der Waals surface area contributed by atoms with E-state index in [-0.39, 0.29) is 70.5 Å². The van der Waals surface area contributed by atoms with Crippen molar-refractivity contribution in [2.75, 3.05) is 26.3 Å². The number of piperidine rings is 1. The molecule has 2 saturated carbocycles. The van der Waals surface area contributed by atoms with Crippen LogP contribution in [0.15, 0.2) is 28.0 Å². The van der Waals surface area contributed by atoms with Crippen LogP contribution < -0.4 is 14.3 Å². The molecule has 7 rings (SSSR count). The molecule has 2 saturated heterocycles. The third-order valence-corrected chi connectivity index (χ3v) is 13.3. The lowest BCUT2D eigenvalue weighted by Crippen LogP contribution is -2.47. The highest BCUT2D eigenvalue weighted by molar-refractivity contribution is 8.00. The Labute approximate surface area is 281 Å². The summed E-state index contributed by atoms with van der Waals surface area (Å²) < 4.78 is 12.0. The number of benzene rings is 1. The number of thiazole rings is 1. The highest BCUT2D eigenvalue weighted by atomic mass is 32.2. The van der Waals surface area contributed by atoms with Crippen LogP contribution in [-0.4, -0.2) is 81.2 Å². The number of H-pyrrole nitrogens is 1. The number of aliphatic carboxylic acids is 1. The largest absolute Gasteiger partial charge is 0.490 e. The molecule has 2 aliphatic carbocycles. The normalized spacial score (nSPS) is 29.9. The number of amides is 3. The van der Waals surface area contributed by atoms with Gasteiger partial charge in [0.1, 0.15) is 6.04 Å². The molecule has 1 aromatic carbocycles. The van der Waals surface area contributed by atoms with Crippen molar-refractivity contribution in [1.82, 2.24) is 14.8 Å². The average molecular weight is 684 g/mol. The van der Waals surface area contributed by atoms with E-state index in [1.807, 2.05) is 43.9 Å². The van der Waals surface area contributed by atoms with Crippen molar-refractivity contribution in [2.45, 2.75) is 75.1 Å². The van der Waals surface area contributed by atoms with Gasteiger partial charge >= 0.3 is 10.8 Å². The van der Waals surface area contributed by atoms with E-state index in [1.54, 1.807) is 11.8 Å². The Morgan fingerprint density at radius 1 is 1.02 bits per heavy atom. The number of hydrogen-bond acceptors (Lipinski definition) is 9. The molecule has 5 aliphatic rings. The predicted octanol–water partition coefficient (Wildman–Crippen LogP) is 4.20. The fraction of sp³-hybridized carbons (Fsp3) is 0.618. The van der Waals surface area contributed by atoms with Crippen LogP contribution in [-0.2, 0) is 19.2 Å². The summed E-state index contributed by atoms with van der Waals surface area (Å²) >= 11 is 2.76. The molecular weight excluding hydrogens is 643 g/mol. The van der Waals surface area contributed by atoms with Crippen molar-refractivity contribution in [1.29, 1.82) is 0 Å². The van der Waals surface area contributed by atoms with Crippen LogP contribution in [0.4, 0.5) is 0 Å². The second-order valence-electron chi connectivity index (χ2n) is 13.9. The highest BCUT2D eigenvalue weighted by Crippen LogP contribution is 2.68. The number of carbonyl (C=O) groups is 4. The zero-order valence-electron chi connectivity index (χ0n) is 26.8. The fourth-order valence-electron chi connectivity index (χ4n) is 8.96. The van der Waals surface area contributed by atoms with E-state index in [1.165, 1.54) is 11.3 Å². The first kappa shape index (κ1) is 32.2. The van der Waals surface area contributed by atoms with Gasteiger partial charge in [-0.15, -0.1) is 11.8 Å². The minimum Gasteiger partial charge on any atom is -0.490 e. The van der Waals surface area contributed by atoms with Crippen molar-refractivity contribution in [2.24, 2.45) is 35.5 Å². The Morgan fingerprint density at radius 2 is 1.74 bits per heavy atom. The Kier molecular flexibility index (Phi) is 8.65. The van der Waals surface area contributed by atoms with Gasteiger partial charge in [0.2, 0.25) is 11.8 Å². The summed E-state index contributed by atoms with van der Waals surface area (Å²) in [5.74, 6) is -2.60. The van der Waals surface area contributed by atoms with Crippen LogP contribution in [0.3, 0.4) is 0 Å². The molecule has 4 fully saturated rings. The van der Waals surface area contributed by atoms with E-state index in [9.17, 15) is 29.1 Å². The number of ether oxygens (including phenoxy) is 2. The van der Waals surface area contributed by atoms with Crippen LogP contribution in [0.1, 0.15) is 69.2 Å². The van der Waals surface area contributed by atoms with Crippen molar-refractivity contribution in [3.8, 4) is 11.5 Å². The number of aromatic nitrogens is 1. The second kappa shape index (κ2) is 12.6. The molecule has 3 aliphatic heterocycles. The number of hydrogen-bond donors (Lipinski definition) is 2. The number of imide groups is 1. The van der Waals surface area contributed by atoms with Gasteiger partial charge in [-0.25, -0.2) is 4.79 Å². The van der Waals surface area contributed by atoms with Crippen LogP contribution >= 0.6 is 23.1 Å². The Hall–Kier alpha value is -3.32. The molecule has 0 spiro atoms. The van der Waals surface area contributed by atoms with Gasteiger partial charge in [0.15, 0.2) is 18.1 Å². The molecule has 2 N–H and O–H groups in total. The molecule has 13 heteroatoms. The summed E-state index contributed by atoms with van der Waals surface area (Å²) in [5, 5.41) is 10.8. The molecular formula is C34H41N3O8S2. The predicted molar refractivity (Wildman–Crippen MR) is 175 cm³/mol. The van der Waals surface area contributed by atoms with Crippen molar-refractivity contribution < 1.29 is 33.8 Å². The van der Waals surface area contributed by atoms with Crippen molar-refractivity contribution in [3.05, 3.63) is 38.3 Å². The number of nitrogens with zero attached hydrogens (tertiary/aromatic N) is 2. The maximum atomic E-state index is 14.0. The van der Waals surface area contributed by atoms with E-state index < -0.39 is 23.8 Å². The average Bonchev–Trinajstić information content (AvgIpc) is 3.78. The number of nitrogens with one attached hydrogen (secondary N) is 1. The Bertz CT molecular complexity index is 1650. The maximum Gasteiger partial charge on any atom is 0.326 e. The summed E-state index contributed by atoms with van der Waals surface area (Å²) in [5.41, 5.74) is 0.913. The van der Waals surface area contributed by atoms with Crippen LogP contribution in [0.25, 0.3) is 0 Å². The van der Waals surface area contributed by atoms with Gasteiger partial charge in [0.25, 0.3) is 5.91 Å². The second-order valence-corrected chi connectivity index (χ2v) is 16.1. The molecule has 11 nitrogen and oxygen atoms in total. The standard InChI is InChI=1S/C34H41N3O8S2/c1-4-44-22-13-17(8-9-21(22)45-15-23(38)36-10-6-5-7-11-36)24-25-18-14-19(28(25)46-30-29(24)47-34(43)35-30)27-26(18)31(39)37(32(27)40)20(33(41)42)12-16(2)3/h8-9,13,16,18-20,24-28H,4-7,10-12,14-15H2,1-3H3,(H,35,43)(H,41,42)/t18?,19?,20?,24-,25?,26?,27?,28?/m1/s1. The van der Waals surface area contributed by atoms with Gasteiger partial charge in [-0.2, -0.15) is 0 Å². The first-order valence-corrected chi connectivity index (χ1v) is 18.4. The van der Waals surface area contributed by atoms with Crippen LogP contribution in [0.2, 0.25) is 0 Å². The number of thioether (sulfide) groups is 1. The number of fused-ring (bicyclic) bond motifs is 9. The van der Waals surface area contributed by atoms with Gasteiger partial charge in [-0.05, 0) is 80.4 Å². The zero-order valence-corrected chi connectivity index (χ0v) is 28.4. The van der Waals surface area contributed by atoms with Gasteiger partial charge < -0.3 is 24.5 Å². The number of carboxylic acids is 1. The third kappa shape index (κ3) is 5.47. The van der Waals surface area contributed by atoms with Gasteiger partial charge in [0, 0.05) is 29.1 Å². The minimum atomic E-state index is -1.17. The lowest BCUT2D eigenvalue weighted by molar-refractivity contribution is -0.156. The third-order valence-electron chi connectivity index (χ3n) is 10.7. The number of rotatable bonds is 10. The lowest BCUT2D eigenvalue weighted by Gasteiger charge is -2.43. The van der Waals surface area contributed by atoms with E-state index in [0.717, 1.165) is 52.7 Å².